The van der Waals surface area contributed by atoms with Gasteiger partial charge in [0.1, 0.15) is 5.82 Å². The topological polar surface area (TPSA) is 92.5 Å². The molecule has 1 aromatic carbocycles. The molecule has 0 aliphatic heterocycles. The van der Waals surface area contributed by atoms with E-state index in [0.717, 1.165) is 0 Å². The predicted molar refractivity (Wildman–Crippen MR) is 66.3 cm³/mol. The number of nitro benzene ring substituents is 1. The number of halogens is 2. The van der Waals surface area contributed by atoms with Gasteiger partial charge in [0.15, 0.2) is 0 Å². The molecule has 2 N–H and O–H groups in total. The first-order valence-electron chi connectivity index (χ1n) is 5.75. The molecule has 0 fully saturated rings. The highest BCUT2D eigenvalue weighted by Gasteiger charge is 2.26. The second-order valence-electron chi connectivity index (χ2n) is 4.85. The molecule has 0 aliphatic carbocycles. The van der Waals surface area contributed by atoms with Crippen molar-refractivity contribution in [3.05, 3.63) is 39.4 Å². The van der Waals surface area contributed by atoms with Crippen LogP contribution in [0.2, 0.25) is 0 Å². The first-order valence-corrected chi connectivity index (χ1v) is 5.75. The van der Waals surface area contributed by atoms with Crippen LogP contribution in [0.4, 0.5) is 14.5 Å². The molecule has 0 spiro atoms. The van der Waals surface area contributed by atoms with Crippen molar-refractivity contribution in [2.24, 2.45) is 0 Å². The Morgan fingerprint density at radius 2 is 2.00 bits per heavy atom. The summed E-state index contributed by atoms with van der Waals surface area (Å²) in [5.74, 6) is -3.45. The number of nitro groups is 1. The molecule has 0 radical (unpaired) electrons. The standard InChI is InChI=1S/C12H14F2N2O4/c1-12(2,3-4-17)15-11(18)7-5-10(16(19)20)9(14)6-8(7)13/h5-6,17H,3-4H2,1-2H3,(H,15,18). The molecule has 0 bridgehead atoms. The minimum absolute atomic E-state index is 0.195. The molecule has 0 saturated carbocycles. The van der Waals surface area contributed by atoms with Crippen LogP contribution in [0.25, 0.3) is 0 Å². The number of nitrogens with one attached hydrogen (secondary N) is 1. The molecule has 1 aromatic rings. The second kappa shape index (κ2) is 5.91. The summed E-state index contributed by atoms with van der Waals surface area (Å²) >= 11 is 0. The molecule has 0 heterocycles. The Kier molecular flexibility index (Phi) is 4.72. The molecule has 110 valence electrons. The van der Waals surface area contributed by atoms with Crippen molar-refractivity contribution in [1.82, 2.24) is 5.32 Å². The van der Waals surface area contributed by atoms with Gasteiger partial charge >= 0.3 is 5.69 Å². The molecule has 6 nitrogen and oxygen atoms in total. The summed E-state index contributed by atoms with van der Waals surface area (Å²) in [5, 5.41) is 21.8. The Labute approximate surface area is 113 Å². The van der Waals surface area contributed by atoms with Crippen LogP contribution in [0.15, 0.2) is 12.1 Å². The Balaban J connectivity index is 3.10. The number of nitrogens with zero attached hydrogens (tertiary/aromatic N) is 1. The normalized spacial score (nSPS) is 11.2. The van der Waals surface area contributed by atoms with E-state index in [0.29, 0.717) is 12.1 Å². The maximum absolute atomic E-state index is 13.5. The lowest BCUT2D eigenvalue weighted by Crippen LogP contribution is -2.44. The van der Waals surface area contributed by atoms with Crippen LogP contribution in [0, 0.1) is 21.7 Å². The quantitative estimate of drug-likeness (QED) is 0.638. The van der Waals surface area contributed by atoms with Crippen LogP contribution in [0.5, 0.6) is 0 Å². The van der Waals surface area contributed by atoms with E-state index in [1.165, 1.54) is 0 Å². The summed E-state index contributed by atoms with van der Waals surface area (Å²) in [6, 6.07) is 0.848. The van der Waals surface area contributed by atoms with E-state index in [-0.39, 0.29) is 13.0 Å². The molecule has 1 amide bonds. The zero-order valence-corrected chi connectivity index (χ0v) is 10.9. The van der Waals surface area contributed by atoms with Crippen molar-refractivity contribution in [2.45, 2.75) is 25.8 Å². The summed E-state index contributed by atoms with van der Waals surface area (Å²) < 4.78 is 26.7. The summed E-state index contributed by atoms with van der Waals surface area (Å²) in [6.45, 7) is 2.99. The lowest BCUT2D eigenvalue weighted by molar-refractivity contribution is -0.387. The van der Waals surface area contributed by atoms with Gasteiger partial charge in [-0.25, -0.2) is 4.39 Å². The van der Waals surface area contributed by atoms with Crippen LogP contribution >= 0.6 is 0 Å². The van der Waals surface area contributed by atoms with Gasteiger partial charge in [-0.05, 0) is 20.3 Å². The van der Waals surface area contributed by atoms with Gasteiger partial charge in [-0.2, -0.15) is 4.39 Å². The predicted octanol–water partition coefficient (Wildman–Crippen LogP) is 1.76. The van der Waals surface area contributed by atoms with Crippen molar-refractivity contribution in [3.8, 4) is 0 Å². The number of aliphatic hydroxyl groups excluding tert-OH is 1. The minimum atomic E-state index is -1.35. The number of carbonyl (C=O) groups excluding carboxylic acids is 1. The van der Waals surface area contributed by atoms with E-state index in [1.807, 2.05) is 0 Å². The number of carbonyl (C=O) groups is 1. The van der Waals surface area contributed by atoms with Crippen molar-refractivity contribution in [2.75, 3.05) is 6.61 Å². The molecule has 20 heavy (non-hydrogen) atoms. The maximum atomic E-state index is 13.5. The third kappa shape index (κ3) is 3.70. The average molecular weight is 288 g/mol. The minimum Gasteiger partial charge on any atom is -0.396 e. The van der Waals surface area contributed by atoms with Crippen LogP contribution in [0.1, 0.15) is 30.6 Å². The first-order chi connectivity index (χ1) is 9.18. The molecule has 8 heteroatoms. The van der Waals surface area contributed by atoms with Gasteiger partial charge in [0.25, 0.3) is 5.91 Å². The lowest BCUT2D eigenvalue weighted by atomic mass is 10.0. The van der Waals surface area contributed by atoms with E-state index in [2.05, 4.69) is 5.32 Å². The van der Waals surface area contributed by atoms with Crippen molar-refractivity contribution < 1.29 is 23.6 Å². The molecular weight excluding hydrogens is 274 g/mol. The fraction of sp³-hybridized carbons (Fsp3) is 0.417. The highest BCUT2D eigenvalue weighted by molar-refractivity contribution is 5.95. The molecule has 0 atom stereocenters. The fourth-order valence-corrected chi connectivity index (χ4v) is 1.57. The highest BCUT2D eigenvalue weighted by atomic mass is 19.1. The number of rotatable bonds is 5. The lowest BCUT2D eigenvalue weighted by Gasteiger charge is -2.25. The largest absolute Gasteiger partial charge is 0.396 e. The van der Waals surface area contributed by atoms with Gasteiger partial charge in [0, 0.05) is 24.3 Å². The molecule has 0 saturated heterocycles. The third-order valence-corrected chi connectivity index (χ3v) is 2.67. The molecule has 0 aliphatic rings. The maximum Gasteiger partial charge on any atom is 0.305 e. The van der Waals surface area contributed by atoms with E-state index in [4.69, 9.17) is 5.11 Å². The van der Waals surface area contributed by atoms with E-state index >= 15 is 0 Å². The zero-order valence-electron chi connectivity index (χ0n) is 10.9. The van der Waals surface area contributed by atoms with Gasteiger partial charge < -0.3 is 10.4 Å². The van der Waals surface area contributed by atoms with Crippen molar-refractivity contribution >= 4 is 11.6 Å². The smallest absolute Gasteiger partial charge is 0.305 e. The summed E-state index contributed by atoms with van der Waals surface area (Å²) in [5.41, 5.74) is -2.43. The van der Waals surface area contributed by atoms with Crippen LogP contribution in [0.3, 0.4) is 0 Å². The molecule has 0 unspecified atom stereocenters. The second-order valence-corrected chi connectivity index (χ2v) is 4.85. The van der Waals surface area contributed by atoms with Gasteiger partial charge in [-0.15, -0.1) is 0 Å². The summed E-state index contributed by atoms with van der Waals surface area (Å²) in [7, 11) is 0. The average Bonchev–Trinajstić information content (AvgIpc) is 2.26. The number of benzene rings is 1. The SMILES string of the molecule is CC(C)(CCO)NC(=O)c1cc([N+](=O)[O-])c(F)cc1F. The summed E-state index contributed by atoms with van der Waals surface area (Å²) in [4.78, 5) is 21.4. The third-order valence-electron chi connectivity index (χ3n) is 2.67. The number of hydrogen-bond acceptors (Lipinski definition) is 4. The fourth-order valence-electron chi connectivity index (χ4n) is 1.57. The van der Waals surface area contributed by atoms with Crippen LogP contribution in [-0.2, 0) is 0 Å². The zero-order chi connectivity index (χ0) is 15.5. The van der Waals surface area contributed by atoms with E-state index < -0.39 is 39.3 Å². The molecule has 0 aromatic heterocycles. The summed E-state index contributed by atoms with van der Waals surface area (Å²) in [6.07, 6.45) is 0.212. The van der Waals surface area contributed by atoms with Gasteiger partial charge in [-0.3, -0.25) is 14.9 Å². The first kappa shape index (κ1) is 16.0. The highest BCUT2D eigenvalue weighted by Crippen LogP contribution is 2.22. The number of hydrogen-bond donors (Lipinski definition) is 2. The van der Waals surface area contributed by atoms with Crippen LogP contribution in [-0.4, -0.2) is 28.1 Å². The monoisotopic (exact) mass is 288 g/mol. The van der Waals surface area contributed by atoms with Crippen molar-refractivity contribution in [3.63, 3.8) is 0 Å². The van der Waals surface area contributed by atoms with Gasteiger partial charge in [0.2, 0.25) is 5.82 Å². The van der Waals surface area contributed by atoms with E-state index in [1.54, 1.807) is 13.8 Å². The number of aliphatic hydroxyl groups is 1. The Morgan fingerprint density at radius 1 is 1.40 bits per heavy atom. The molecule has 1 rings (SSSR count). The van der Waals surface area contributed by atoms with Crippen LogP contribution < -0.4 is 5.32 Å². The van der Waals surface area contributed by atoms with E-state index in [9.17, 15) is 23.7 Å². The van der Waals surface area contributed by atoms with Crippen molar-refractivity contribution in [1.29, 1.82) is 0 Å². The molecular formula is C12H14F2N2O4. The van der Waals surface area contributed by atoms with Gasteiger partial charge in [0.05, 0.1) is 10.5 Å². The number of amides is 1. The Morgan fingerprint density at radius 3 is 2.50 bits per heavy atom. The Bertz CT molecular complexity index is 547. The van der Waals surface area contributed by atoms with Gasteiger partial charge in [-0.1, -0.05) is 0 Å². The Hall–Kier alpha value is -2.09.